The first-order chi connectivity index (χ1) is 15.1. The van der Waals surface area contributed by atoms with Crippen LogP contribution in [0.2, 0.25) is 5.02 Å². The van der Waals surface area contributed by atoms with Crippen LogP contribution in [0.15, 0.2) is 72.8 Å². The molecule has 1 aromatic heterocycles. The summed E-state index contributed by atoms with van der Waals surface area (Å²) >= 11 is 6.10. The molecule has 0 aliphatic heterocycles. The Morgan fingerprint density at radius 1 is 0.677 bits per heavy atom. The van der Waals surface area contributed by atoms with Crippen LogP contribution in [0.25, 0.3) is 0 Å². The minimum absolute atomic E-state index is 0.373. The molecule has 8 heteroatoms. The van der Waals surface area contributed by atoms with Crippen LogP contribution in [0.3, 0.4) is 0 Å². The highest BCUT2D eigenvalue weighted by Crippen LogP contribution is 2.24. The lowest BCUT2D eigenvalue weighted by Gasteiger charge is -2.12. The van der Waals surface area contributed by atoms with E-state index in [9.17, 15) is 0 Å². The number of hydrogen-bond acceptors (Lipinski definition) is 7. The number of rotatable bonds is 7. The second-order valence-electron chi connectivity index (χ2n) is 6.79. The first kappa shape index (κ1) is 20.4. The molecule has 0 radical (unpaired) electrons. The molecule has 0 atom stereocenters. The highest BCUT2D eigenvalue weighted by molar-refractivity contribution is 6.30. The normalized spacial score (nSPS) is 10.4. The second-order valence-corrected chi connectivity index (χ2v) is 7.23. The number of aryl methyl sites for hydroxylation is 1. The summed E-state index contributed by atoms with van der Waals surface area (Å²) in [5.41, 5.74) is 3.58. The molecule has 0 saturated carbocycles. The van der Waals surface area contributed by atoms with Crippen LogP contribution in [0, 0.1) is 6.92 Å². The molecule has 156 valence electrons. The summed E-state index contributed by atoms with van der Waals surface area (Å²) in [4.78, 5) is 13.5. The molecule has 3 N–H and O–H groups in total. The number of halogens is 1. The van der Waals surface area contributed by atoms with Gasteiger partial charge in [-0.2, -0.15) is 15.0 Å². The Morgan fingerprint density at radius 3 is 1.74 bits per heavy atom. The van der Waals surface area contributed by atoms with E-state index in [0.29, 0.717) is 22.9 Å². The first-order valence-electron chi connectivity index (χ1n) is 9.61. The van der Waals surface area contributed by atoms with Gasteiger partial charge < -0.3 is 20.7 Å². The zero-order chi connectivity index (χ0) is 21.6. The Morgan fingerprint density at radius 2 is 1.19 bits per heavy atom. The molecule has 0 fully saturated rings. The van der Waals surface area contributed by atoms with E-state index in [1.165, 1.54) is 0 Å². The molecular weight excluding hydrogens is 412 g/mol. The van der Waals surface area contributed by atoms with Crippen LogP contribution in [0.4, 0.5) is 34.9 Å². The Bertz CT molecular complexity index is 1130. The smallest absolute Gasteiger partial charge is 0.233 e. The van der Waals surface area contributed by atoms with Gasteiger partial charge >= 0.3 is 0 Å². The van der Waals surface area contributed by atoms with E-state index in [2.05, 4.69) is 30.9 Å². The molecule has 0 bridgehead atoms. The highest BCUT2D eigenvalue weighted by atomic mass is 35.5. The standard InChI is InChI=1S/C23H21ClN6O/c1-15-6-3-8-17(12-15)25-21-28-22(26-18-9-4-7-16(24)13-18)30-23(29-21)27-19-10-5-11-20(14-19)31-2/h3-14H,1-2H3,(H3,25,26,27,28,29,30). The minimum Gasteiger partial charge on any atom is -0.497 e. The van der Waals surface area contributed by atoms with Crippen molar-refractivity contribution in [2.24, 2.45) is 0 Å². The van der Waals surface area contributed by atoms with Gasteiger partial charge in [0.25, 0.3) is 0 Å². The van der Waals surface area contributed by atoms with Gasteiger partial charge in [-0.1, -0.05) is 35.9 Å². The summed E-state index contributed by atoms with van der Waals surface area (Å²) in [6.07, 6.45) is 0. The van der Waals surface area contributed by atoms with Gasteiger partial charge in [-0.3, -0.25) is 0 Å². The van der Waals surface area contributed by atoms with Crippen LogP contribution < -0.4 is 20.7 Å². The summed E-state index contributed by atoms with van der Waals surface area (Å²) in [5.74, 6) is 1.88. The third kappa shape index (κ3) is 5.61. The van der Waals surface area contributed by atoms with Crippen molar-refractivity contribution in [1.82, 2.24) is 15.0 Å². The summed E-state index contributed by atoms with van der Waals surface area (Å²) in [7, 11) is 1.62. The number of ether oxygens (including phenoxy) is 1. The van der Waals surface area contributed by atoms with E-state index >= 15 is 0 Å². The fraction of sp³-hybridized carbons (Fsp3) is 0.0870. The molecule has 4 aromatic rings. The maximum absolute atomic E-state index is 6.10. The van der Waals surface area contributed by atoms with Gasteiger partial charge in [0.05, 0.1) is 7.11 Å². The zero-order valence-electron chi connectivity index (χ0n) is 17.1. The molecule has 31 heavy (non-hydrogen) atoms. The Balaban J connectivity index is 1.66. The number of benzene rings is 3. The van der Waals surface area contributed by atoms with Crippen molar-refractivity contribution in [1.29, 1.82) is 0 Å². The van der Waals surface area contributed by atoms with E-state index in [4.69, 9.17) is 16.3 Å². The molecule has 0 unspecified atom stereocenters. The van der Waals surface area contributed by atoms with Crippen molar-refractivity contribution in [2.75, 3.05) is 23.1 Å². The van der Waals surface area contributed by atoms with Crippen molar-refractivity contribution >= 4 is 46.5 Å². The van der Waals surface area contributed by atoms with Crippen molar-refractivity contribution in [3.63, 3.8) is 0 Å². The number of aromatic nitrogens is 3. The van der Waals surface area contributed by atoms with Gasteiger partial charge in [-0.15, -0.1) is 0 Å². The predicted molar refractivity (Wildman–Crippen MR) is 125 cm³/mol. The quantitative estimate of drug-likeness (QED) is 0.326. The van der Waals surface area contributed by atoms with Crippen molar-refractivity contribution in [2.45, 2.75) is 6.92 Å². The molecule has 0 saturated heterocycles. The lowest BCUT2D eigenvalue weighted by atomic mass is 10.2. The van der Waals surface area contributed by atoms with E-state index in [1.807, 2.05) is 67.6 Å². The summed E-state index contributed by atoms with van der Waals surface area (Å²) < 4.78 is 5.29. The molecular formula is C23H21ClN6O. The Kier molecular flexibility index (Phi) is 6.14. The van der Waals surface area contributed by atoms with E-state index < -0.39 is 0 Å². The maximum Gasteiger partial charge on any atom is 0.233 e. The van der Waals surface area contributed by atoms with Gasteiger partial charge in [0.1, 0.15) is 5.75 Å². The van der Waals surface area contributed by atoms with Gasteiger partial charge in [0.15, 0.2) is 0 Å². The van der Waals surface area contributed by atoms with Crippen LogP contribution >= 0.6 is 11.6 Å². The monoisotopic (exact) mass is 432 g/mol. The molecule has 7 nitrogen and oxygen atoms in total. The Labute approximate surface area is 185 Å². The highest BCUT2D eigenvalue weighted by Gasteiger charge is 2.09. The van der Waals surface area contributed by atoms with E-state index in [0.717, 1.165) is 28.4 Å². The Hall–Kier alpha value is -3.84. The van der Waals surface area contributed by atoms with Crippen LogP contribution in [0.5, 0.6) is 5.75 Å². The van der Waals surface area contributed by atoms with Crippen molar-refractivity contribution in [3.8, 4) is 5.75 Å². The van der Waals surface area contributed by atoms with Crippen molar-refractivity contribution < 1.29 is 4.74 Å². The molecule has 0 amide bonds. The van der Waals surface area contributed by atoms with Crippen molar-refractivity contribution in [3.05, 3.63) is 83.4 Å². The summed E-state index contributed by atoms with van der Waals surface area (Å²) in [5, 5.41) is 10.2. The minimum atomic E-state index is 0.373. The maximum atomic E-state index is 6.10. The zero-order valence-corrected chi connectivity index (χ0v) is 17.8. The topological polar surface area (TPSA) is 84.0 Å². The number of hydrogen-bond donors (Lipinski definition) is 3. The molecule has 1 heterocycles. The fourth-order valence-electron chi connectivity index (χ4n) is 2.92. The van der Waals surface area contributed by atoms with E-state index in [-0.39, 0.29) is 0 Å². The number of methoxy groups -OCH3 is 1. The van der Waals surface area contributed by atoms with Crippen LogP contribution in [-0.4, -0.2) is 22.1 Å². The SMILES string of the molecule is COc1cccc(Nc2nc(Nc3cccc(C)c3)nc(Nc3cccc(Cl)c3)n2)c1. The van der Waals surface area contributed by atoms with E-state index in [1.54, 1.807) is 19.2 Å². The van der Waals surface area contributed by atoms with Gasteiger partial charge in [0, 0.05) is 28.2 Å². The number of nitrogens with zero attached hydrogens (tertiary/aromatic N) is 3. The second kappa shape index (κ2) is 9.32. The van der Waals surface area contributed by atoms with Crippen LogP contribution in [0.1, 0.15) is 5.56 Å². The third-order valence-electron chi connectivity index (χ3n) is 4.32. The lowest BCUT2D eigenvalue weighted by molar-refractivity contribution is 0.415. The summed E-state index contributed by atoms with van der Waals surface area (Å²) in [6, 6.07) is 22.8. The largest absolute Gasteiger partial charge is 0.497 e. The summed E-state index contributed by atoms with van der Waals surface area (Å²) in [6.45, 7) is 2.03. The van der Waals surface area contributed by atoms with Gasteiger partial charge in [0.2, 0.25) is 17.8 Å². The number of anilines is 6. The predicted octanol–water partition coefficient (Wildman–Crippen LogP) is 6.07. The van der Waals surface area contributed by atoms with Gasteiger partial charge in [-0.05, 0) is 55.0 Å². The molecule has 0 aliphatic carbocycles. The molecule has 4 rings (SSSR count). The number of nitrogens with one attached hydrogen (secondary N) is 3. The molecule has 0 aliphatic rings. The average molecular weight is 433 g/mol. The van der Waals surface area contributed by atoms with Crippen LogP contribution in [-0.2, 0) is 0 Å². The lowest BCUT2D eigenvalue weighted by Crippen LogP contribution is -2.07. The third-order valence-corrected chi connectivity index (χ3v) is 4.55. The molecule has 0 spiro atoms. The van der Waals surface area contributed by atoms with Gasteiger partial charge in [-0.25, -0.2) is 0 Å². The fourth-order valence-corrected chi connectivity index (χ4v) is 3.11. The first-order valence-corrected chi connectivity index (χ1v) is 9.99. The molecule has 3 aromatic carbocycles. The average Bonchev–Trinajstić information content (AvgIpc) is 2.74.